The van der Waals surface area contributed by atoms with Crippen LogP contribution in [0, 0.1) is 5.82 Å². The number of carbonyl (C=O) groups excluding carboxylic acids is 1. The largest absolute Gasteiger partial charge is 0.497 e. The van der Waals surface area contributed by atoms with Gasteiger partial charge in [0.2, 0.25) is 0 Å². The van der Waals surface area contributed by atoms with E-state index in [0.717, 1.165) is 18.2 Å². The number of aliphatic hydroxyl groups is 1. The van der Waals surface area contributed by atoms with Gasteiger partial charge in [-0.3, -0.25) is 4.79 Å². The summed E-state index contributed by atoms with van der Waals surface area (Å²) in [7, 11) is 1.39. The van der Waals surface area contributed by atoms with Crippen LogP contribution in [0.2, 0.25) is 0 Å². The van der Waals surface area contributed by atoms with E-state index in [-0.39, 0.29) is 5.56 Å². The summed E-state index contributed by atoms with van der Waals surface area (Å²) < 4.78 is 46.6. The molecule has 0 saturated heterocycles. The normalized spacial score (nSPS) is 12.5. The lowest BCUT2D eigenvalue weighted by molar-refractivity contribution is -0.147. The van der Waals surface area contributed by atoms with Gasteiger partial charge in [0, 0.05) is 17.7 Å². The van der Waals surface area contributed by atoms with Gasteiger partial charge in [0.25, 0.3) is 5.91 Å². The van der Waals surface area contributed by atoms with Crippen molar-refractivity contribution in [3.63, 3.8) is 0 Å². The molecule has 128 valence electrons. The van der Waals surface area contributed by atoms with E-state index >= 15 is 0 Å². The molecule has 0 bridgehead atoms. The molecule has 0 aliphatic rings. The van der Waals surface area contributed by atoms with Gasteiger partial charge in [-0.15, -0.1) is 0 Å². The van der Waals surface area contributed by atoms with Gasteiger partial charge in [-0.1, -0.05) is 18.2 Å². The molecule has 0 fully saturated rings. The van der Waals surface area contributed by atoms with Crippen molar-refractivity contribution in [3.05, 3.63) is 65.5 Å². The Hall–Kier alpha value is -2.54. The Balaban J connectivity index is 2.03. The molecule has 2 aromatic carbocycles. The number of amides is 1. The summed E-state index contributed by atoms with van der Waals surface area (Å²) in [5, 5.41) is 11.8. The number of methoxy groups -OCH3 is 1. The number of alkyl halides is 2. The monoisotopic (exact) mass is 339 g/mol. The minimum atomic E-state index is -3.79. The van der Waals surface area contributed by atoms with Crippen LogP contribution in [0.5, 0.6) is 5.75 Å². The Morgan fingerprint density at radius 2 is 1.83 bits per heavy atom. The van der Waals surface area contributed by atoms with Gasteiger partial charge in [-0.25, -0.2) is 4.39 Å². The molecule has 1 unspecified atom stereocenters. The zero-order valence-electron chi connectivity index (χ0n) is 12.8. The molecule has 2 aromatic rings. The number of hydrogen-bond acceptors (Lipinski definition) is 3. The maximum Gasteiger partial charge on any atom is 0.349 e. The first-order valence-corrected chi connectivity index (χ1v) is 7.09. The molecule has 0 saturated carbocycles. The van der Waals surface area contributed by atoms with E-state index < -0.39 is 35.9 Å². The fourth-order valence-corrected chi connectivity index (χ4v) is 2.09. The van der Waals surface area contributed by atoms with Crippen LogP contribution in [0.4, 0.5) is 13.2 Å². The van der Waals surface area contributed by atoms with E-state index in [9.17, 15) is 23.1 Å². The highest BCUT2D eigenvalue weighted by Crippen LogP contribution is 2.29. The van der Waals surface area contributed by atoms with Gasteiger partial charge < -0.3 is 15.2 Å². The molecule has 0 spiro atoms. The lowest BCUT2D eigenvalue weighted by Crippen LogP contribution is -2.40. The smallest absolute Gasteiger partial charge is 0.349 e. The van der Waals surface area contributed by atoms with Crippen LogP contribution in [0.25, 0.3) is 0 Å². The summed E-state index contributed by atoms with van der Waals surface area (Å²) in [5.41, 5.74) is -0.591. The van der Waals surface area contributed by atoms with Crippen LogP contribution in [0.3, 0.4) is 0 Å². The van der Waals surface area contributed by atoms with Gasteiger partial charge in [0.15, 0.2) is 0 Å². The van der Waals surface area contributed by atoms with Crippen LogP contribution >= 0.6 is 0 Å². The van der Waals surface area contributed by atoms with Crippen molar-refractivity contribution >= 4 is 5.91 Å². The molecular weight excluding hydrogens is 323 g/mol. The Kier molecular flexibility index (Phi) is 5.46. The van der Waals surface area contributed by atoms with Gasteiger partial charge in [-0.05, 0) is 30.3 Å². The topological polar surface area (TPSA) is 58.6 Å². The molecule has 1 atom stereocenters. The number of carbonyl (C=O) groups is 1. The van der Waals surface area contributed by atoms with E-state index in [2.05, 4.69) is 0 Å². The third kappa shape index (κ3) is 3.86. The molecule has 0 aliphatic carbocycles. The molecule has 2 rings (SSSR count). The minimum Gasteiger partial charge on any atom is -0.497 e. The van der Waals surface area contributed by atoms with E-state index in [1.165, 1.54) is 37.4 Å². The average Bonchev–Trinajstić information content (AvgIpc) is 2.59. The van der Waals surface area contributed by atoms with E-state index in [1.54, 1.807) is 0 Å². The second-order valence-electron chi connectivity index (χ2n) is 5.05. The number of nitrogens with one attached hydrogen (secondary N) is 1. The molecule has 0 aliphatic heterocycles. The fraction of sp³-hybridized carbons (Fsp3) is 0.235. The fourth-order valence-electron chi connectivity index (χ4n) is 2.09. The predicted molar refractivity (Wildman–Crippen MR) is 81.3 cm³/mol. The van der Waals surface area contributed by atoms with Crippen LogP contribution in [0.15, 0.2) is 48.5 Å². The number of halogens is 3. The Bertz CT molecular complexity index is 704. The number of aliphatic hydroxyl groups excluding tert-OH is 1. The van der Waals surface area contributed by atoms with Crippen molar-refractivity contribution in [2.24, 2.45) is 0 Å². The predicted octanol–water partition coefficient (Wildman–Crippen LogP) is 2.78. The zero-order valence-corrected chi connectivity index (χ0v) is 12.8. The second-order valence-corrected chi connectivity index (χ2v) is 5.05. The molecule has 7 heteroatoms. The summed E-state index contributed by atoms with van der Waals surface area (Å²) in [4.78, 5) is 11.7. The number of ether oxygens (including phenoxy) is 1. The molecule has 0 aromatic heterocycles. The highest BCUT2D eigenvalue weighted by atomic mass is 19.3. The number of rotatable bonds is 6. The minimum absolute atomic E-state index is 0.0782. The van der Waals surface area contributed by atoms with Crippen molar-refractivity contribution in [1.82, 2.24) is 5.32 Å². The van der Waals surface area contributed by atoms with Crippen molar-refractivity contribution < 1.29 is 27.8 Å². The molecule has 2 N–H and O–H groups in total. The standard InChI is InChI=1S/C17H16F3NO3/c1-24-12-8-6-11(7-9-12)17(19,20)16(23)21-10-15(22)13-4-2-3-5-14(13)18/h2-9,15,22H,10H2,1H3,(H,21,23). The number of hydrogen-bond donors (Lipinski definition) is 2. The Labute approximate surface area is 136 Å². The second kappa shape index (κ2) is 7.35. The van der Waals surface area contributed by atoms with Crippen molar-refractivity contribution in [1.29, 1.82) is 0 Å². The zero-order chi connectivity index (χ0) is 17.7. The third-order valence-corrected chi connectivity index (χ3v) is 3.46. The van der Waals surface area contributed by atoms with E-state index in [1.807, 2.05) is 5.32 Å². The van der Waals surface area contributed by atoms with Crippen LogP contribution < -0.4 is 10.1 Å². The summed E-state index contributed by atoms with van der Waals surface area (Å²) in [6, 6.07) is 10.1. The maximum absolute atomic E-state index is 14.1. The third-order valence-electron chi connectivity index (χ3n) is 3.46. The SMILES string of the molecule is COc1ccc(C(F)(F)C(=O)NCC(O)c2ccccc2F)cc1. The first kappa shape index (κ1) is 17.8. The average molecular weight is 339 g/mol. The van der Waals surface area contributed by atoms with E-state index in [0.29, 0.717) is 5.75 Å². The lowest BCUT2D eigenvalue weighted by Gasteiger charge is -2.18. The highest BCUT2D eigenvalue weighted by Gasteiger charge is 2.40. The van der Waals surface area contributed by atoms with Crippen molar-refractivity contribution in [2.45, 2.75) is 12.0 Å². The quantitative estimate of drug-likeness (QED) is 0.851. The summed E-state index contributed by atoms with van der Waals surface area (Å²) in [6.07, 6.45) is -1.43. The first-order valence-electron chi connectivity index (χ1n) is 7.09. The van der Waals surface area contributed by atoms with Crippen LogP contribution in [-0.2, 0) is 10.7 Å². The molecular formula is C17H16F3NO3. The van der Waals surface area contributed by atoms with Crippen molar-refractivity contribution in [2.75, 3.05) is 13.7 Å². The van der Waals surface area contributed by atoms with Crippen LogP contribution in [-0.4, -0.2) is 24.7 Å². The summed E-state index contributed by atoms with van der Waals surface area (Å²) >= 11 is 0. The summed E-state index contributed by atoms with van der Waals surface area (Å²) in [5.74, 6) is -5.67. The van der Waals surface area contributed by atoms with Crippen LogP contribution in [0.1, 0.15) is 17.2 Å². The maximum atomic E-state index is 14.1. The first-order chi connectivity index (χ1) is 11.4. The summed E-state index contributed by atoms with van der Waals surface area (Å²) in [6.45, 7) is -0.536. The Morgan fingerprint density at radius 1 is 1.21 bits per heavy atom. The van der Waals surface area contributed by atoms with Gasteiger partial charge in [0.1, 0.15) is 11.6 Å². The molecule has 4 nitrogen and oxygen atoms in total. The van der Waals surface area contributed by atoms with Gasteiger partial charge in [0.05, 0.1) is 13.2 Å². The van der Waals surface area contributed by atoms with Crippen molar-refractivity contribution in [3.8, 4) is 5.75 Å². The Morgan fingerprint density at radius 3 is 2.42 bits per heavy atom. The van der Waals surface area contributed by atoms with Gasteiger partial charge in [-0.2, -0.15) is 8.78 Å². The van der Waals surface area contributed by atoms with E-state index in [4.69, 9.17) is 4.74 Å². The van der Waals surface area contributed by atoms with Gasteiger partial charge >= 0.3 is 5.92 Å². The molecule has 0 heterocycles. The number of benzene rings is 2. The molecule has 1 amide bonds. The highest BCUT2D eigenvalue weighted by molar-refractivity contribution is 5.84. The lowest BCUT2D eigenvalue weighted by atomic mass is 10.1. The molecule has 24 heavy (non-hydrogen) atoms. The molecule has 0 radical (unpaired) electrons.